The van der Waals surface area contributed by atoms with Crippen LogP contribution in [0.3, 0.4) is 0 Å². The van der Waals surface area contributed by atoms with Crippen molar-refractivity contribution in [2.24, 2.45) is 0 Å². The second-order valence-corrected chi connectivity index (χ2v) is 18.7. The number of para-hydroxylation sites is 2. The molecular weight excluding hydrogens is 903 g/mol. The number of benzene rings is 5. The monoisotopic (exact) mass is 967 g/mol. The molecule has 15 heteroatoms. The number of anilines is 5. The molecule has 0 radical (unpaired) electrons. The maximum atomic E-state index is 14.3. The minimum Gasteiger partial charge on any atom is -0.493 e. The molecule has 0 spiro atoms. The van der Waals surface area contributed by atoms with Gasteiger partial charge < -0.3 is 62.5 Å². The average Bonchev–Trinajstić information content (AvgIpc) is 3.88. The van der Waals surface area contributed by atoms with Crippen LogP contribution in [0.25, 0.3) is 0 Å². The summed E-state index contributed by atoms with van der Waals surface area (Å²) in [7, 11) is 8.84. The lowest BCUT2D eigenvalue weighted by Gasteiger charge is -2.26. The number of nitrogens with zero attached hydrogens (tertiary/aromatic N) is 5. The van der Waals surface area contributed by atoms with Gasteiger partial charge in [0.15, 0.2) is 23.0 Å². The molecule has 1 unspecified atom stereocenters. The van der Waals surface area contributed by atoms with Gasteiger partial charge in [-0.2, -0.15) is 0 Å². The molecule has 2 amide bonds. The smallest absolute Gasteiger partial charge is 0.260 e. The molecule has 0 aromatic heterocycles. The number of Topliss-reactive ketones (excluding diaryl/α,β-unsaturated/α-hetero) is 1. The van der Waals surface area contributed by atoms with Crippen molar-refractivity contribution in [3.05, 3.63) is 124 Å². The number of fused-ring (bicyclic) bond motifs is 8. The number of ether oxygens (including phenoxy) is 7. The molecule has 0 bridgehead atoms. The molecule has 4 aliphatic heterocycles. The zero-order valence-electron chi connectivity index (χ0n) is 41.7. The van der Waals surface area contributed by atoms with E-state index in [9.17, 15) is 14.4 Å². The van der Waals surface area contributed by atoms with Gasteiger partial charge in [-0.1, -0.05) is 36.4 Å². The third-order valence-corrected chi connectivity index (χ3v) is 13.9. The molecule has 4 heterocycles. The van der Waals surface area contributed by atoms with Gasteiger partial charge in [-0.3, -0.25) is 9.59 Å². The number of hydrogen-bond acceptors (Lipinski definition) is 13. The SMILES string of the molecule is COCCOCCOCCN(CCCC(C)=O)c1cc(COc2cc3c(cc2OC)C(=O)N2c4ccccc4CC2CN3C)cc(COc2cc3c(cc2OC)C(=O)N2c4ccccc4C[C@H]2CN3C)c1. The Morgan fingerprint density at radius 1 is 0.592 bits per heavy atom. The summed E-state index contributed by atoms with van der Waals surface area (Å²) in [6.07, 6.45) is 2.68. The van der Waals surface area contributed by atoms with Crippen molar-refractivity contribution in [3.8, 4) is 23.0 Å². The van der Waals surface area contributed by atoms with Gasteiger partial charge in [-0.25, -0.2) is 0 Å². The van der Waals surface area contributed by atoms with Crippen LogP contribution >= 0.6 is 0 Å². The van der Waals surface area contributed by atoms with Gasteiger partial charge in [-0.15, -0.1) is 0 Å². The largest absolute Gasteiger partial charge is 0.493 e. The third kappa shape index (κ3) is 10.6. The Labute approximate surface area is 416 Å². The lowest BCUT2D eigenvalue weighted by atomic mass is 10.1. The molecule has 5 aromatic carbocycles. The molecule has 15 nitrogen and oxygen atoms in total. The zero-order chi connectivity index (χ0) is 49.6. The lowest BCUT2D eigenvalue weighted by Crippen LogP contribution is -2.41. The molecule has 0 N–H and O–H groups in total. The Balaban J connectivity index is 1.00. The molecule has 4 aliphatic rings. The van der Waals surface area contributed by atoms with Crippen molar-refractivity contribution >= 4 is 46.0 Å². The van der Waals surface area contributed by atoms with E-state index in [4.69, 9.17) is 33.2 Å². The highest BCUT2D eigenvalue weighted by Gasteiger charge is 2.41. The zero-order valence-corrected chi connectivity index (χ0v) is 41.7. The first-order chi connectivity index (χ1) is 34.5. The van der Waals surface area contributed by atoms with Gasteiger partial charge in [0.05, 0.1) is 81.8 Å². The molecule has 0 saturated carbocycles. The van der Waals surface area contributed by atoms with Crippen molar-refractivity contribution in [2.45, 2.75) is 57.9 Å². The predicted octanol–water partition coefficient (Wildman–Crippen LogP) is 7.76. The van der Waals surface area contributed by atoms with Gasteiger partial charge in [0, 0.05) is 83.0 Å². The minimum absolute atomic E-state index is 0.000825. The standard InChI is InChI=1S/C56H65N5O10/c1-37(62)12-11-17-59(18-19-68-22-23-69-21-20-65-4)42-25-38(35-70-53-31-49-45(29-51(53)66-5)55(63)60-43(33-57(49)2)27-40-13-7-9-15-47(40)60)24-39(26-42)36-71-54-32-50-46(30-52(54)67-6)56(64)61-44(34-58(50)3)28-41-14-8-10-16-48(41)61/h7-10,13-16,24-26,29-32,43-44H,11-12,17-23,27-28,33-36H2,1-6H3/t43-,44?/m0/s1. The van der Waals surface area contributed by atoms with Crippen LogP contribution in [0.2, 0.25) is 0 Å². The molecule has 71 heavy (non-hydrogen) atoms. The summed E-state index contributed by atoms with van der Waals surface area (Å²) in [5.74, 6) is 1.92. The van der Waals surface area contributed by atoms with Crippen molar-refractivity contribution in [3.63, 3.8) is 0 Å². The second kappa shape index (κ2) is 22.1. The van der Waals surface area contributed by atoms with Crippen LogP contribution in [-0.4, -0.2) is 124 Å². The van der Waals surface area contributed by atoms with Crippen LogP contribution in [0.15, 0.2) is 91.0 Å². The number of ketones is 1. The number of likely N-dealkylation sites (N-methyl/N-ethyl adjacent to an activating group) is 2. The number of rotatable bonds is 22. The number of amides is 2. The topological polar surface area (TPSA) is 132 Å². The Kier molecular flexibility index (Phi) is 15.3. The highest BCUT2D eigenvalue weighted by Crippen LogP contribution is 2.44. The van der Waals surface area contributed by atoms with E-state index in [1.54, 1.807) is 40.4 Å². The van der Waals surface area contributed by atoms with Crippen LogP contribution in [0.5, 0.6) is 23.0 Å². The molecule has 5 aromatic rings. The van der Waals surface area contributed by atoms with Crippen molar-refractivity contribution in [1.29, 1.82) is 0 Å². The summed E-state index contributed by atoms with van der Waals surface area (Å²) >= 11 is 0. The van der Waals surface area contributed by atoms with Crippen molar-refractivity contribution in [2.75, 3.05) is 119 Å². The normalized spacial score (nSPS) is 16.6. The van der Waals surface area contributed by atoms with Crippen LogP contribution in [0, 0.1) is 0 Å². The van der Waals surface area contributed by atoms with Crippen LogP contribution in [-0.2, 0) is 45.1 Å². The molecule has 374 valence electrons. The number of carbonyl (C=O) groups excluding carboxylic acids is 3. The number of methoxy groups -OCH3 is 3. The Morgan fingerprint density at radius 3 is 1.58 bits per heavy atom. The van der Waals surface area contributed by atoms with Crippen molar-refractivity contribution in [1.82, 2.24) is 0 Å². The van der Waals surface area contributed by atoms with Crippen LogP contribution in [0.1, 0.15) is 62.7 Å². The fraction of sp³-hybridized carbons (Fsp3) is 0.411. The lowest BCUT2D eigenvalue weighted by molar-refractivity contribution is -0.117. The predicted molar refractivity (Wildman–Crippen MR) is 275 cm³/mol. The summed E-state index contributed by atoms with van der Waals surface area (Å²) in [6, 6.07) is 29.9. The van der Waals surface area contributed by atoms with Gasteiger partial charge in [0.25, 0.3) is 11.8 Å². The molecule has 2 atom stereocenters. The minimum atomic E-state index is -0.0653. The highest BCUT2D eigenvalue weighted by atomic mass is 16.5. The quantitative estimate of drug-likeness (QED) is 0.0627. The van der Waals surface area contributed by atoms with E-state index >= 15 is 0 Å². The van der Waals surface area contributed by atoms with Crippen LogP contribution in [0.4, 0.5) is 28.4 Å². The fourth-order valence-corrected chi connectivity index (χ4v) is 10.4. The molecule has 0 saturated heterocycles. The maximum Gasteiger partial charge on any atom is 0.260 e. The summed E-state index contributed by atoms with van der Waals surface area (Å²) in [5, 5.41) is 0. The third-order valence-electron chi connectivity index (χ3n) is 13.9. The summed E-state index contributed by atoms with van der Waals surface area (Å²) in [5.41, 5.74) is 9.53. The first kappa shape index (κ1) is 49.2. The van der Waals surface area contributed by atoms with E-state index in [2.05, 4.69) is 45.0 Å². The van der Waals surface area contributed by atoms with E-state index in [1.165, 1.54) is 11.1 Å². The van der Waals surface area contributed by atoms with E-state index in [0.29, 0.717) is 106 Å². The summed E-state index contributed by atoms with van der Waals surface area (Å²) in [6.45, 7) is 6.77. The van der Waals surface area contributed by atoms with Crippen LogP contribution < -0.4 is 43.4 Å². The van der Waals surface area contributed by atoms with E-state index in [1.807, 2.05) is 72.4 Å². The van der Waals surface area contributed by atoms with Gasteiger partial charge >= 0.3 is 0 Å². The Morgan fingerprint density at radius 2 is 1.08 bits per heavy atom. The average molecular weight is 968 g/mol. The number of carbonyl (C=O) groups is 3. The Bertz CT molecular complexity index is 2590. The van der Waals surface area contributed by atoms with Crippen molar-refractivity contribution < 1.29 is 47.5 Å². The first-order valence-electron chi connectivity index (χ1n) is 24.5. The highest BCUT2D eigenvalue weighted by molar-refractivity contribution is 6.13. The first-order valence-corrected chi connectivity index (χ1v) is 24.5. The second-order valence-electron chi connectivity index (χ2n) is 18.7. The summed E-state index contributed by atoms with van der Waals surface area (Å²) in [4.78, 5) is 51.1. The van der Waals surface area contributed by atoms with Gasteiger partial charge in [0.1, 0.15) is 19.0 Å². The van der Waals surface area contributed by atoms with E-state index < -0.39 is 0 Å². The maximum absolute atomic E-state index is 14.3. The van der Waals surface area contributed by atoms with E-state index in [-0.39, 0.29) is 42.9 Å². The van der Waals surface area contributed by atoms with Gasteiger partial charge in [0.2, 0.25) is 0 Å². The fourth-order valence-electron chi connectivity index (χ4n) is 10.4. The molecule has 9 rings (SSSR count). The Hall–Kier alpha value is -6.81. The molecule has 0 aliphatic carbocycles. The van der Waals surface area contributed by atoms with E-state index in [0.717, 1.165) is 52.4 Å². The molecular formula is C56H65N5O10. The molecule has 0 fully saturated rings. The van der Waals surface area contributed by atoms with Gasteiger partial charge in [-0.05, 0) is 90.9 Å². The summed E-state index contributed by atoms with van der Waals surface area (Å²) < 4.78 is 41.9. The number of hydrogen-bond donors (Lipinski definition) is 0.